The fourth-order valence-electron chi connectivity index (χ4n) is 2.79. The molecule has 0 spiro atoms. The molecular weight excluding hydrogens is 368 g/mol. The van der Waals surface area contributed by atoms with E-state index in [0.717, 1.165) is 22.0 Å². The molecule has 0 saturated carbocycles. The predicted octanol–water partition coefficient (Wildman–Crippen LogP) is 4.92. The molecule has 26 heavy (non-hydrogen) atoms. The largest absolute Gasteiger partial charge is 0.467 e. The van der Waals surface area contributed by atoms with Gasteiger partial charge in [-0.05, 0) is 68.1 Å². The maximum absolute atomic E-state index is 12.1. The van der Waals surface area contributed by atoms with Crippen molar-refractivity contribution in [3.63, 3.8) is 0 Å². The van der Waals surface area contributed by atoms with Gasteiger partial charge in [-0.2, -0.15) is 0 Å². The molecule has 0 saturated heterocycles. The highest BCUT2D eigenvalue weighted by Gasteiger charge is 2.13. The van der Waals surface area contributed by atoms with Crippen molar-refractivity contribution in [3.05, 3.63) is 62.9 Å². The summed E-state index contributed by atoms with van der Waals surface area (Å²) in [4.78, 5) is 16.8. The standard InChI is InChI=1S/C20H22N2O2S.ClH/c1-12-8-17(15(4)14(3)13(12)2)18-11-25-20(22-18)9-19(23)21-10-16-6-5-7-24-16;/h5-8,11H,9-10H2,1-4H3,(H,21,23);1H. The van der Waals surface area contributed by atoms with Crippen molar-refractivity contribution in [1.29, 1.82) is 0 Å². The zero-order valence-corrected chi connectivity index (χ0v) is 17.0. The summed E-state index contributed by atoms with van der Waals surface area (Å²) >= 11 is 1.53. The van der Waals surface area contributed by atoms with Crippen LogP contribution < -0.4 is 5.32 Å². The van der Waals surface area contributed by atoms with E-state index >= 15 is 0 Å². The zero-order valence-electron chi connectivity index (χ0n) is 15.4. The molecule has 6 heteroatoms. The highest BCUT2D eigenvalue weighted by molar-refractivity contribution is 7.10. The Labute approximate surface area is 164 Å². The van der Waals surface area contributed by atoms with Crippen molar-refractivity contribution in [2.24, 2.45) is 0 Å². The Hall–Kier alpha value is -2.11. The summed E-state index contributed by atoms with van der Waals surface area (Å²) in [6, 6.07) is 5.84. The van der Waals surface area contributed by atoms with Gasteiger partial charge < -0.3 is 9.73 Å². The molecule has 3 rings (SSSR count). The molecule has 1 N–H and O–H groups in total. The van der Waals surface area contributed by atoms with Gasteiger partial charge in [-0.15, -0.1) is 23.7 Å². The molecule has 0 aliphatic carbocycles. The van der Waals surface area contributed by atoms with E-state index in [0.29, 0.717) is 6.54 Å². The van der Waals surface area contributed by atoms with Crippen LogP contribution in [0.25, 0.3) is 11.3 Å². The van der Waals surface area contributed by atoms with Gasteiger partial charge in [0.1, 0.15) is 10.8 Å². The third kappa shape index (κ3) is 4.34. The van der Waals surface area contributed by atoms with Crippen LogP contribution >= 0.6 is 23.7 Å². The molecule has 0 atom stereocenters. The van der Waals surface area contributed by atoms with Crippen molar-refractivity contribution in [2.75, 3.05) is 0 Å². The van der Waals surface area contributed by atoms with Gasteiger partial charge in [0.25, 0.3) is 0 Å². The predicted molar refractivity (Wildman–Crippen MR) is 108 cm³/mol. The summed E-state index contributed by atoms with van der Waals surface area (Å²) in [5.41, 5.74) is 7.25. The second kappa shape index (κ2) is 8.52. The van der Waals surface area contributed by atoms with Crippen molar-refractivity contribution in [2.45, 2.75) is 40.7 Å². The average molecular weight is 391 g/mol. The van der Waals surface area contributed by atoms with E-state index < -0.39 is 0 Å². The lowest BCUT2D eigenvalue weighted by Gasteiger charge is -2.12. The Morgan fingerprint density at radius 2 is 1.96 bits per heavy atom. The SMILES string of the molecule is Cc1cc(-c2csc(CC(=O)NCc3ccco3)n2)c(C)c(C)c1C.Cl. The van der Waals surface area contributed by atoms with Gasteiger partial charge in [0.2, 0.25) is 5.91 Å². The topological polar surface area (TPSA) is 55.1 Å². The molecule has 2 heterocycles. The first kappa shape index (κ1) is 20.2. The van der Waals surface area contributed by atoms with E-state index in [1.165, 1.54) is 33.6 Å². The van der Waals surface area contributed by atoms with Crippen LogP contribution in [0.4, 0.5) is 0 Å². The minimum absolute atomic E-state index is 0. The Balaban J connectivity index is 0.00000243. The first-order chi connectivity index (χ1) is 12.0. The average Bonchev–Trinajstić information content (AvgIpc) is 3.26. The normalized spacial score (nSPS) is 10.5. The van der Waals surface area contributed by atoms with E-state index in [9.17, 15) is 4.79 Å². The van der Waals surface area contributed by atoms with Gasteiger partial charge in [0.05, 0.1) is 24.9 Å². The molecule has 0 unspecified atom stereocenters. The highest BCUT2D eigenvalue weighted by Crippen LogP contribution is 2.30. The van der Waals surface area contributed by atoms with Crippen molar-refractivity contribution >= 4 is 29.7 Å². The number of nitrogens with one attached hydrogen (secondary N) is 1. The summed E-state index contributed by atoms with van der Waals surface area (Å²) in [7, 11) is 0. The highest BCUT2D eigenvalue weighted by atomic mass is 35.5. The number of aromatic nitrogens is 1. The number of rotatable bonds is 5. The number of benzene rings is 1. The summed E-state index contributed by atoms with van der Waals surface area (Å²) < 4.78 is 5.21. The van der Waals surface area contributed by atoms with Crippen molar-refractivity contribution < 1.29 is 9.21 Å². The molecule has 1 amide bonds. The second-order valence-corrected chi connectivity index (χ2v) is 7.22. The number of carbonyl (C=O) groups excluding carboxylic acids is 1. The summed E-state index contributed by atoms with van der Waals surface area (Å²) in [5, 5.41) is 5.71. The number of nitrogens with zero attached hydrogens (tertiary/aromatic N) is 1. The number of hydrogen-bond acceptors (Lipinski definition) is 4. The number of hydrogen-bond donors (Lipinski definition) is 1. The molecule has 3 aromatic rings. The van der Waals surface area contributed by atoms with Crippen molar-refractivity contribution in [1.82, 2.24) is 10.3 Å². The summed E-state index contributed by atoms with van der Waals surface area (Å²) in [5.74, 6) is 0.694. The molecule has 0 radical (unpaired) electrons. The van der Waals surface area contributed by atoms with Gasteiger partial charge >= 0.3 is 0 Å². The molecule has 0 fully saturated rings. The van der Waals surface area contributed by atoms with Crippen LogP contribution in [0.3, 0.4) is 0 Å². The number of carbonyl (C=O) groups is 1. The molecular formula is C20H23ClN2O2S. The van der Waals surface area contributed by atoms with E-state index in [-0.39, 0.29) is 24.7 Å². The quantitative estimate of drug-likeness (QED) is 0.672. The smallest absolute Gasteiger partial charge is 0.227 e. The maximum Gasteiger partial charge on any atom is 0.227 e. The van der Waals surface area contributed by atoms with Gasteiger partial charge in [0, 0.05) is 10.9 Å². The van der Waals surface area contributed by atoms with Gasteiger partial charge in [-0.25, -0.2) is 4.98 Å². The molecule has 4 nitrogen and oxygen atoms in total. The Kier molecular flexibility index (Phi) is 6.62. The fourth-order valence-corrected chi connectivity index (χ4v) is 3.59. The maximum atomic E-state index is 12.1. The van der Waals surface area contributed by atoms with Crippen LogP contribution in [0.15, 0.2) is 34.3 Å². The molecule has 0 aliphatic rings. The monoisotopic (exact) mass is 390 g/mol. The molecule has 138 valence electrons. The zero-order chi connectivity index (χ0) is 18.0. The number of halogens is 1. The number of amides is 1. The summed E-state index contributed by atoms with van der Waals surface area (Å²) in [6.07, 6.45) is 1.89. The van der Waals surface area contributed by atoms with E-state index in [1.54, 1.807) is 6.26 Å². The number of furan rings is 1. The third-order valence-electron chi connectivity index (χ3n) is 4.66. The van der Waals surface area contributed by atoms with Crippen molar-refractivity contribution in [3.8, 4) is 11.3 Å². The first-order valence-electron chi connectivity index (χ1n) is 8.27. The van der Waals surface area contributed by atoms with Crippen LogP contribution in [-0.4, -0.2) is 10.9 Å². The Morgan fingerprint density at radius 1 is 1.19 bits per heavy atom. The Morgan fingerprint density at radius 3 is 2.65 bits per heavy atom. The van der Waals surface area contributed by atoms with Gasteiger partial charge in [-0.3, -0.25) is 4.79 Å². The number of thiazole rings is 1. The van der Waals surface area contributed by atoms with E-state index in [2.05, 4.69) is 44.1 Å². The number of aryl methyl sites for hydroxylation is 1. The minimum atomic E-state index is -0.0507. The fraction of sp³-hybridized carbons (Fsp3) is 0.300. The molecule has 1 aromatic carbocycles. The lowest BCUT2D eigenvalue weighted by molar-refractivity contribution is -0.120. The lowest BCUT2D eigenvalue weighted by atomic mass is 9.93. The minimum Gasteiger partial charge on any atom is -0.467 e. The Bertz CT molecular complexity index is 901. The van der Waals surface area contributed by atoms with Crippen LogP contribution in [0.2, 0.25) is 0 Å². The first-order valence-corrected chi connectivity index (χ1v) is 9.15. The van der Waals surface area contributed by atoms with Crippen LogP contribution in [0.5, 0.6) is 0 Å². The van der Waals surface area contributed by atoms with E-state index in [1.807, 2.05) is 17.5 Å². The van der Waals surface area contributed by atoms with E-state index in [4.69, 9.17) is 4.42 Å². The van der Waals surface area contributed by atoms with Crippen LogP contribution in [-0.2, 0) is 17.8 Å². The second-order valence-electron chi connectivity index (χ2n) is 6.28. The molecule has 0 aliphatic heterocycles. The van der Waals surface area contributed by atoms with Crippen LogP contribution in [0.1, 0.15) is 33.0 Å². The lowest BCUT2D eigenvalue weighted by Crippen LogP contribution is -2.24. The summed E-state index contributed by atoms with van der Waals surface area (Å²) in [6.45, 7) is 8.96. The van der Waals surface area contributed by atoms with Gasteiger partial charge in [-0.1, -0.05) is 0 Å². The van der Waals surface area contributed by atoms with Gasteiger partial charge in [0.15, 0.2) is 0 Å². The molecule has 0 bridgehead atoms. The van der Waals surface area contributed by atoms with Crippen LogP contribution in [0, 0.1) is 27.7 Å². The third-order valence-corrected chi connectivity index (χ3v) is 5.51. The molecule has 2 aromatic heterocycles.